The number of rotatable bonds is 7. The normalized spacial score (nSPS) is 34.4. The number of hydrogen-bond acceptors (Lipinski definition) is 6. The molecule has 2 saturated carbocycles. The zero-order chi connectivity index (χ0) is 24.8. The van der Waals surface area contributed by atoms with Crippen molar-refractivity contribution in [1.82, 2.24) is 4.90 Å². The smallest absolute Gasteiger partial charge is 0.251 e. The Morgan fingerprint density at radius 3 is 2.75 bits per heavy atom. The number of amides is 1. The maximum absolute atomic E-state index is 13.4. The number of carbonyl (C=O) groups is 1. The number of para-hydroxylation sites is 1. The van der Waals surface area contributed by atoms with Gasteiger partial charge in [0.2, 0.25) is 5.91 Å². The van der Waals surface area contributed by atoms with E-state index in [4.69, 9.17) is 18.9 Å². The molecule has 1 N–H and O–H groups in total. The lowest BCUT2D eigenvalue weighted by Crippen LogP contribution is -2.48. The fourth-order valence-electron chi connectivity index (χ4n) is 7.43. The maximum Gasteiger partial charge on any atom is 0.251 e. The van der Waals surface area contributed by atoms with Crippen LogP contribution in [-0.2, 0) is 19.9 Å². The first-order chi connectivity index (χ1) is 17.5. The average molecular weight is 500 g/mol. The molecule has 1 amide bonds. The highest BCUT2D eigenvalue weighted by atomic mass is 16.7. The number of epoxide rings is 1. The molecular weight excluding hydrogens is 458 g/mol. The third kappa shape index (κ3) is 4.11. The molecule has 3 heterocycles. The lowest BCUT2D eigenvalue weighted by molar-refractivity contribution is -0.137. The van der Waals surface area contributed by atoms with Gasteiger partial charge in [0.15, 0.2) is 11.5 Å². The first kappa shape index (κ1) is 24.5. The lowest BCUT2D eigenvalue weighted by atomic mass is 9.77. The second-order valence-electron chi connectivity index (χ2n) is 11.7. The van der Waals surface area contributed by atoms with Crippen molar-refractivity contribution in [3.05, 3.63) is 23.8 Å². The number of ether oxygens (including phenoxy) is 4. The Hall–Kier alpha value is -1.83. The van der Waals surface area contributed by atoms with E-state index in [1.165, 1.54) is 6.42 Å². The molecule has 0 unspecified atom stereocenters. The molecule has 7 heteroatoms. The van der Waals surface area contributed by atoms with Crippen LogP contribution >= 0.6 is 0 Å². The number of fused-ring (bicyclic) bond motifs is 1. The summed E-state index contributed by atoms with van der Waals surface area (Å²) in [5.74, 6) is 1.28. The molecule has 3 aliphatic heterocycles. The molecule has 2 saturated heterocycles. The van der Waals surface area contributed by atoms with Crippen LogP contribution in [0.4, 0.5) is 0 Å². The summed E-state index contributed by atoms with van der Waals surface area (Å²) < 4.78 is 25.3. The second kappa shape index (κ2) is 9.48. The SMILES string of the molecule is COCCCC[C@]1(c2cccc3c2OC2(CCCCC2)O3)O[C@@]12CCCN(C(=O)[C@H]1CC[C@@H](O)C1)C2. The largest absolute Gasteiger partial charge is 0.448 e. The summed E-state index contributed by atoms with van der Waals surface area (Å²) >= 11 is 0. The zero-order valence-electron chi connectivity index (χ0n) is 21.6. The number of benzene rings is 1. The van der Waals surface area contributed by atoms with E-state index in [1.807, 2.05) is 11.0 Å². The van der Waals surface area contributed by atoms with Crippen LogP contribution in [0.25, 0.3) is 0 Å². The third-order valence-corrected chi connectivity index (χ3v) is 9.33. The quantitative estimate of drug-likeness (QED) is 0.433. The fraction of sp³-hybridized carbons (Fsp3) is 0.759. The van der Waals surface area contributed by atoms with Crippen LogP contribution in [0.3, 0.4) is 0 Å². The molecule has 0 aromatic heterocycles. The van der Waals surface area contributed by atoms with Gasteiger partial charge in [0.05, 0.1) is 12.6 Å². The Bertz CT molecular complexity index is 977. The minimum Gasteiger partial charge on any atom is -0.448 e. The van der Waals surface area contributed by atoms with E-state index in [0.29, 0.717) is 13.0 Å². The minimum absolute atomic E-state index is 0.0612. The van der Waals surface area contributed by atoms with Crippen LogP contribution in [0.2, 0.25) is 0 Å². The van der Waals surface area contributed by atoms with E-state index < -0.39 is 17.0 Å². The number of aliphatic hydroxyl groups is 1. The molecule has 198 valence electrons. The van der Waals surface area contributed by atoms with Crippen molar-refractivity contribution in [2.45, 2.75) is 107 Å². The highest BCUT2D eigenvalue weighted by Crippen LogP contribution is 2.66. The van der Waals surface area contributed by atoms with Crippen LogP contribution in [0.1, 0.15) is 89.0 Å². The van der Waals surface area contributed by atoms with Gasteiger partial charge in [-0.15, -0.1) is 0 Å². The van der Waals surface area contributed by atoms with E-state index in [1.54, 1.807) is 7.11 Å². The summed E-state index contributed by atoms with van der Waals surface area (Å²) in [5, 5.41) is 10.00. The van der Waals surface area contributed by atoms with Gasteiger partial charge in [-0.2, -0.15) is 0 Å². The van der Waals surface area contributed by atoms with Gasteiger partial charge < -0.3 is 29.0 Å². The first-order valence-corrected chi connectivity index (χ1v) is 14.2. The molecule has 1 aromatic rings. The van der Waals surface area contributed by atoms with Gasteiger partial charge in [-0.05, 0) is 70.3 Å². The monoisotopic (exact) mass is 499 g/mol. The zero-order valence-corrected chi connectivity index (χ0v) is 21.6. The fourth-order valence-corrected chi connectivity index (χ4v) is 7.43. The van der Waals surface area contributed by atoms with E-state index in [-0.39, 0.29) is 17.9 Å². The Morgan fingerprint density at radius 2 is 1.97 bits per heavy atom. The molecule has 2 aliphatic carbocycles. The molecule has 6 rings (SSSR count). The van der Waals surface area contributed by atoms with Gasteiger partial charge in [-0.25, -0.2) is 0 Å². The van der Waals surface area contributed by atoms with Gasteiger partial charge in [0.1, 0.15) is 11.2 Å². The maximum atomic E-state index is 13.4. The molecule has 7 nitrogen and oxygen atoms in total. The van der Waals surface area contributed by atoms with Gasteiger partial charge in [0, 0.05) is 44.6 Å². The molecule has 0 bridgehead atoms. The molecule has 1 aromatic carbocycles. The third-order valence-electron chi connectivity index (χ3n) is 9.33. The minimum atomic E-state index is -0.534. The number of carbonyl (C=O) groups excluding carboxylic acids is 1. The highest BCUT2D eigenvalue weighted by molar-refractivity contribution is 5.79. The number of aliphatic hydroxyl groups excluding tert-OH is 1. The van der Waals surface area contributed by atoms with E-state index in [9.17, 15) is 9.90 Å². The number of piperidine rings is 1. The predicted octanol–water partition coefficient (Wildman–Crippen LogP) is 4.68. The lowest BCUT2D eigenvalue weighted by Gasteiger charge is -2.35. The summed E-state index contributed by atoms with van der Waals surface area (Å²) in [6, 6.07) is 6.25. The van der Waals surface area contributed by atoms with Gasteiger partial charge >= 0.3 is 0 Å². The second-order valence-corrected chi connectivity index (χ2v) is 11.7. The molecular formula is C29H41NO6. The number of hydrogen-bond donors (Lipinski definition) is 1. The number of likely N-dealkylation sites (tertiary alicyclic amines) is 1. The van der Waals surface area contributed by atoms with Crippen LogP contribution in [0.15, 0.2) is 18.2 Å². The molecule has 4 atom stereocenters. The molecule has 5 aliphatic rings. The highest BCUT2D eigenvalue weighted by Gasteiger charge is 2.72. The van der Waals surface area contributed by atoms with Crippen molar-refractivity contribution in [3.63, 3.8) is 0 Å². The Kier molecular flexibility index (Phi) is 6.45. The van der Waals surface area contributed by atoms with E-state index >= 15 is 0 Å². The first-order valence-electron chi connectivity index (χ1n) is 14.2. The number of nitrogens with zero attached hydrogens (tertiary/aromatic N) is 1. The van der Waals surface area contributed by atoms with Crippen molar-refractivity contribution >= 4 is 5.91 Å². The number of unbranched alkanes of at least 4 members (excludes halogenated alkanes) is 1. The Labute approximate surface area is 214 Å². The summed E-state index contributed by atoms with van der Waals surface area (Å²) in [6.07, 6.45) is 11.8. The Balaban J connectivity index is 1.28. The number of methoxy groups -OCH3 is 1. The van der Waals surface area contributed by atoms with Crippen molar-refractivity contribution < 1.29 is 28.8 Å². The van der Waals surface area contributed by atoms with Crippen molar-refractivity contribution in [2.24, 2.45) is 5.92 Å². The van der Waals surface area contributed by atoms with Gasteiger partial charge in [-0.3, -0.25) is 4.79 Å². The average Bonchev–Trinajstić information content (AvgIpc) is 3.15. The topological polar surface area (TPSA) is 80.8 Å². The predicted molar refractivity (Wildman–Crippen MR) is 134 cm³/mol. The van der Waals surface area contributed by atoms with Crippen LogP contribution in [-0.4, -0.2) is 60.2 Å². The van der Waals surface area contributed by atoms with Crippen molar-refractivity contribution in [2.75, 3.05) is 26.8 Å². The summed E-state index contributed by atoms with van der Waals surface area (Å²) in [7, 11) is 1.74. The van der Waals surface area contributed by atoms with E-state index in [0.717, 1.165) is 101 Å². The molecule has 2 spiro atoms. The summed E-state index contributed by atoms with van der Waals surface area (Å²) in [6.45, 7) is 2.11. The van der Waals surface area contributed by atoms with Crippen molar-refractivity contribution in [3.8, 4) is 11.5 Å². The Morgan fingerprint density at radius 1 is 1.11 bits per heavy atom. The van der Waals surface area contributed by atoms with Gasteiger partial charge in [-0.1, -0.05) is 18.6 Å². The van der Waals surface area contributed by atoms with Gasteiger partial charge in [0.25, 0.3) is 5.79 Å². The van der Waals surface area contributed by atoms with Crippen LogP contribution in [0.5, 0.6) is 11.5 Å². The van der Waals surface area contributed by atoms with Crippen LogP contribution in [0, 0.1) is 5.92 Å². The molecule has 36 heavy (non-hydrogen) atoms. The molecule has 4 fully saturated rings. The van der Waals surface area contributed by atoms with Crippen LogP contribution < -0.4 is 9.47 Å². The molecule has 0 radical (unpaired) electrons. The van der Waals surface area contributed by atoms with Crippen molar-refractivity contribution in [1.29, 1.82) is 0 Å². The van der Waals surface area contributed by atoms with E-state index in [2.05, 4.69) is 12.1 Å². The summed E-state index contributed by atoms with van der Waals surface area (Å²) in [5.41, 5.74) is 0.209. The summed E-state index contributed by atoms with van der Waals surface area (Å²) in [4.78, 5) is 15.4. The standard InChI is InChI=1S/C29H41NO6/c1-33-18-6-5-16-29(23-9-7-10-24-25(23)35-28(34-24)14-3-2-4-15-28)27(36-29)13-8-17-30(20-27)26(32)21-11-12-22(31)19-21/h7,9-10,21-22,31H,2-6,8,11-20H2,1H3/t21-,22+,27+,29+/m0/s1.